The summed E-state index contributed by atoms with van der Waals surface area (Å²) in [5, 5.41) is 3.04. The molecule has 1 fully saturated rings. The summed E-state index contributed by atoms with van der Waals surface area (Å²) in [4.78, 5) is 14.3. The molecule has 0 aromatic heterocycles. The third-order valence-electron chi connectivity index (χ3n) is 4.05. The summed E-state index contributed by atoms with van der Waals surface area (Å²) in [5.74, 6) is 0.506. The highest BCUT2D eigenvalue weighted by Gasteiger charge is 2.27. The number of carbonyl (C=O) groups excluding carboxylic acids is 1. The van der Waals surface area contributed by atoms with Crippen LogP contribution in [0.5, 0.6) is 0 Å². The van der Waals surface area contributed by atoms with Gasteiger partial charge in [0.15, 0.2) is 0 Å². The molecule has 2 atom stereocenters. The van der Waals surface area contributed by atoms with Gasteiger partial charge in [0.25, 0.3) is 0 Å². The number of likely N-dealkylation sites (tertiary alicyclic amines) is 1. The van der Waals surface area contributed by atoms with E-state index in [1.54, 1.807) is 0 Å². The molecule has 4 heteroatoms. The van der Waals surface area contributed by atoms with Crippen molar-refractivity contribution >= 4 is 11.6 Å². The summed E-state index contributed by atoms with van der Waals surface area (Å²) in [6.07, 6.45) is 0. The molecule has 110 valence electrons. The quantitative estimate of drug-likeness (QED) is 0.885. The van der Waals surface area contributed by atoms with Gasteiger partial charge in [0.1, 0.15) is 0 Å². The maximum Gasteiger partial charge on any atom is 0.238 e. The predicted molar refractivity (Wildman–Crippen MR) is 82.9 cm³/mol. The lowest BCUT2D eigenvalue weighted by atomic mass is 10.1. The van der Waals surface area contributed by atoms with Gasteiger partial charge in [0.2, 0.25) is 5.91 Å². The van der Waals surface area contributed by atoms with E-state index in [0.29, 0.717) is 12.5 Å². The summed E-state index contributed by atoms with van der Waals surface area (Å²) >= 11 is 0. The molecule has 1 amide bonds. The highest BCUT2D eigenvalue weighted by molar-refractivity contribution is 5.93. The van der Waals surface area contributed by atoms with Gasteiger partial charge in [-0.1, -0.05) is 24.6 Å². The fourth-order valence-electron chi connectivity index (χ4n) is 2.98. The van der Waals surface area contributed by atoms with Crippen LogP contribution in [0, 0.1) is 26.7 Å². The second-order valence-electron chi connectivity index (χ2n) is 6.16. The van der Waals surface area contributed by atoms with Crippen molar-refractivity contribution in [2.24, 2.45) is 11.7 Å². The van der Waals surface area contributed by atoms with Crippen molar-refractivity contribution < 1.29 is 4.79 Å². The van der Waals surface area contributed by atoms with E-state index in [0.717, 1.165) is 29.9 Å². The number of anilines is 1. The van der Waals surface area contributed by atoms with E-state index in [1.807, 2.05) is 13.8 Å². The Morgan fingerprint density at radius 3 is 2.40 bits per heavy atom. The van der Waals surface area contributed by atoms with Crippen LogP contribution in [0.4, 0.5) is 5.69 Å². The number of hydrogen-bond donors (Lipinski definition) is 2. The lowest BCUT2D eigenvalue weighted by molar-refractivity contribution is -0.117. The topological polar surface area (TPSA) is 58.4 Å². The van der Waals surface area contributed by atoms with Gasteiger partial charge in [0.05, 0.1) is 6.54 Å². The number of carbonyl (C=O) groups is 1. The zero-order valence-corrected chi connectivity index (χ0v) is 12.9. The molecule has 1 aromatic rings. The van der Waals surface area contributed by atoms with Crippen LogP contribution >= 0.6 is 0 Å². The molecule has 4 nitrogen and oxygen atoms in total. The third kappa shape index (κ3) is 3.38. The fourth-order valence-corrected chi connectivity index (χ4v) is 2.98. The van der Waals surface area contributed by atoms with E-state index in [2.05, 4.69) is 36.2 Å². The summed E-state index contributed by atoms with van der Waals surface area (Å²) in [5.41, 5.74) is 10.4. The molecule has 0 spiro atoms. The Labute approximate surface area is 121 Å². The molecule has 2 rings (SSSR count). The fraction of sp³-hybridized carbons (Fsp3) is 0.562. The van der Waals surface area contributed by atoms with Gasteiger partial charge < -0.3 is 11.1 Å². The number of nitrogens with zero attached hydrogens (tertiary/aromatic N) is 1. The Kier molecular flexibility index (Phi) is 4.45. The van der Waals surface area contributed by atoms with E-state index in [-0.39, 0.29) is 11.9 Å². The largest absolute Gasteiger partial charge is 0.326 e. The zero-order valence-electron chi connectivity index (χ0n) is 12.9. The molecule has 3 N–H and O–H groups in total. The van der Waals surface area contributed by atoms with Gasteiger partial charge in [-0.25, -0.2) is 0 Å². The Hall–Kier alpha value is -1.39. The smallest absolute Gasteiger partial charge is 0.238 e. The van der Waals surface area contributed by atoms with Crippen LogP contribution in [0.25, 0.3) is 0 Å². The van der Waals surface area contributed by atoms with Crippen molar-refractivity contribution in [1.29, 1.82) is 0 Å². The van der Waals surface area contributed by atoms with Crippen LogP contribution in [0.3, 0.4) is 0 Å². The van der Waals surface area contributed by atoms with Crippen molar-refractivity contribution in [2.75, 3.05) is 25.0 Å². The van der Waals surface area contributed by atoms with Gasteiger partial charge in [-0.05, 0) is 37.8 Å². The van der Waals surface area contributed by atoms with E-state index >= 15 is 0 Å². The first kappa shape index (κ1) is 15.0. The summed E-state index contributed by atoms with van der Waals surface area (Å²) in [7, 11) is 0. The van der Waals surface area contributed by atoms with Crippen molar-refractivity contribution in [3.63, 3.8) is 0 Å². The molecule has 1 saturated heterocycles. The number of aryl methyl sites for hydroxylation is 3. The van der Waals surface area contributed by atoms with Crippen molar-refractivity contribution in [3.8, 4) is 0 Å². The minimum atomic E-state index is 0.0429. The molecule has 0 aliphatic carbocycles. The molecule has 1 heterocycles. The van der Waals surface area contributed by atoms with Crippen LogP contribution in [0.2, 0.25) is 0 Å². The highest BCUT2D eigenvalue weighted by atomic mass is 16.2. The minimum absolute atomic E-state index is 0.0429. The van der Waals surface area contributed by atoms with Gasteiger partial charge >= 0.3 is 0 Å². The number of nitrogens with two attached hydrogens (primary N) is 1. The molecule has 1 aromatic carbocycles. The highest BCUT2D eigenvalue weighted by Crippen LogP contribution is 2.22. The SMILES string of the molecule is Cc1cc(C)c(NC(=O)CN2CC(C)C(N)C2)c(C)c1. The molecule has 0 saturated carbocycles. The van der Waals surface area contributed by atoms with Gasteiger partial charge in [-0.3, -0.25) is 9.69 Å². The number of nitrogens with one attached hydrogen (secondary N) is 1. The number of hydrogen-bond acceptors (Lipinski definition) is 3. The standard InChI is InChI=1S/C16H25N3O/c1-10-5-11(2)16(12(3)6-10)18-15(20)9-19-7-13(4)14(17)8-19/h5-6,13-14H,7-9,17H2,1-4H3,(H,18,20). The van der Waals surface area contributed by atoms with E-state index in [9.17, 15) is 4.79 Å². The Morgan fingerprint density at radius 2 is 1.90 bits per heavy atom. The number of amides is 1. The molecule has 1 aliphatic heterocycles. The third-order valence-corrected chi connectivity index (χ3v) is 4.05. The van der Waals surface area contributed by atoms with E-state index in [1.165, 1.54) is 5.56 Å². The second kappa shape index (κ2) is 5.94. The van der Waals surface area contributed by atoms with Gasteiger partial charge in [-0.15, -0.1) is 0 Å². The lowest BCUT2D eigenvalue weighted by Gasteiger charge is -2.17. The van der Waals surface area contributed by atoms with Crippen molar-refractivity contribution in [3.05, 3.63) is 28.8 Å². The average molecular weight is 275 g/mol. The Bertz CT molecular complexity index is 479. The van der Waals surface area contributed by atoms with Crippen LogP contribution in [-0.2, 0) is 4.79 Å². The van der Waals surface area contributed by atoms with Crippen LogP contribution in [0.1, 0.15) is 23.6 Å². The molecule has 0 bridgehead atoms. The zero-order chi connectivity index (χ0) is 14.9. The summed E-state index contributed by atoms with van der Waals surface area (Å²) < 4.78 is 0. The van der Waals surface area contributed by atoms with Crippen LogP contribution in [0.15, 0.2) is 12.1 Å². The van der Waals surface area contributed by atoms with Gasteiger partial charge in [-0.2, -0.15) is 0 Å². The van der Waals surface area contributed by atoms with Gasteiger partial charge in [0, 0.05) is 24.8 Å². The number of benzene rings is 1. The predicted octanol–water partition coefficient (Wildman–Crippen LogP) is 1.83. The Morgan fingerprint density at radius 1 is 1.30 bits per heavy atom. The van der Waals surface area contributed by atoms with E-state index < -0.39 is 0 Å². The first-order chi connectivity index (χ1) is 9.36. The molecule has 20 heavy (non-hydrogen) atoms. The molecule has 0 radical (unpaired) electrons. The molecule has 1 aliphatic rings. The number of rotatable bonds is 3. The summed E-state index contributed by atoms with van der Waals surface area (Å²) in [6, 6.07) is 4.37. The first-order valence-corrected chi connectivity index (χ1v) is 7.22. The Balaban J connectivity index is 1.99. The van der Waals surface area contributed by atoms with Crippen molar-refractivity contribution in [2.45, 2.75) is 33.7 Å². The lowest BCUT2D eigenvalue weighted by Crippen LogP contribution is -2.34. The van der Waals surface area contributed by atoms with Crippen LogP contribution in [-0.4, -0.2) is 36.5 Å². The maximum absolute atomic E-state index is 12.2. The molecular weight excluding hydrogens is 250 g/mol. The van der Waals surface area contributed by atoms with Crippen molar-refractivity contribution in [1.82, 2.24) is 4.90 Å². The summed E-state index contributed by atoms with van der Waals surface area (Å²) in [6.45, 7) is 10.4. The van der Waals surface area contributed by atoms with E-state index in [4.69, 9.17) is 5.73 Å². The average Bonchev–Trinajstić information content (AvgIpc) is 2.63. The second-order valence-corrected chi connectivity index (χ2v) is 6.16. The monoisotopic (exact) mass is 275 g/mol. The first-order valence-electron chi connectivity index (χ1n) is 7.22. The molecular formula is C16H25N3O. The maximum atomic E-state index is 12.2. The normalized spacial score (nSPS) is 23.1. The van der Waals surface area contributed by atoms with Crippen LogP contribution < -0.4 is 11.1 Å². The molecule has 2 unspecified atom stereocenters. The minimum Gasteiger partial charge on any atom is -0.326 e.